The maximum absolute atomic E-state index is 9.69. The molecule has 0 unspecified atom stereocenters. The molecule has 24 heavy (non-hydrogen) atoms. The first-order chi connectivity index (χ1) is 11.7. The van der Waals surface area contributed by atoms with Crippen molar-refractivity contribution >= 4 is 0 Å². The third-order valence-corrected chi connectivity index (χ3v) is 4.45. The average molecular weight is 329 g/mol. The molecule has 0 aliphatic carbocycles. The van der Waals surface area contributed by atoms with E-state index in [2.05, 4.69) is 5.32 Å². The Kier molecular flexibility index (Phi) is 4.81. The second-order valence-electron chi connectivity index (χ2n) is 5.88. The minimum Gasteiger partial charge on any atom is -0.508 e. The Balaban J connectivity index is 1.92. The highest BCUT2D eigenvalue weighted by molar-refractivity contribution is 5.54. The van der Waals surface area contributed by atoms with Gasteiger partial charge in [-0.3, -0.25) is 0 Å². The lowest BCUT2D eigenvalue weighted by Crippen LogP contribution is -2.31. The van der Waals surface area contributed by atoms with Crippen molar-refractivity contribution in [2.45, 2.75) is 18.9 Å². The lowest BCUT2D eigenvalue weighted by molar-refractivity contribution is 0.323. The molecule has 0 saturated carbocycles. The molecule has 5 nitrogen and oxygen atoms in total. The van der Waals surface area contributed by atoms with Crippen LogP contribution in [0.3, 0.4) is 0 Å². The first-order valence-electron chi connectivity index (χ1n) is 8.00. The Morgan fingerprint density at radius 1 is 1.04 bits per heavy atom. The third kappa shape index (κ3) is 3.12. The highest BCUT2D eigenvalue weighted by atomic mass is 16.5. The molecule has 0 spiro atoms. The molecule has 128 valence electrons. The topological polar surface area (TPSA) is 60.0 Å². The molecule has 1 heterocycles. The van der Waals surface area contributed by atoms with Crippen LogP contribution >= 0.6 is 0 Å². The molecule has 3 rings (SSSR count). The molecule has 5 heteroatoms. The molecule has 0 bridgehead atoms. The summed E-state index contributed by atoms with van der Waals surface area (Å²) in [6.07, 6.45) is 1.73. The predicted molar refractivity (Wildman–Crippen MR) is 92.4 cm³/mol. The van der Waals surface area contributed by atoms with E-state index in [9.17, 15) is 5.11 Å². The number of hydrogen-bond acceptors (Lipinski definition) is 5. The van der Waals surface area contributed by atoms with Crippen molar-refractivity contribution in [3.05, 3.63) is 47.0 Å². The van der Waals surface area contributed by atoms with E-state index in [1.54, 1.807) is 27.4 Å². The van der Waals surface area contributed by atoms with Crippen molar-refractivity contribution in [2.24, 2.45) is 0 Å². The quantitative estimate of drug-likeness (QED) is 0.883. The zero-order chi connectivity index (χ0) is 17.1. The van der Waals surface area contributed by atoms with Crippen molar-refractivity contribution in [1.29, 1.82) is 0 Å². The molecular weight excluding hydrogens is 306 g/mol. The fourth-order valence-corrected chi connectivity index (χ4v) is 3.31. The number of benzene rings is 2. The summed E-state index contributed by atoms with van der Waals surface area (Å²) in [7, 11) is 4.85. The van der Waals surface area contributed by atoms with E-state index in [1.165, 1.54) is 11.1 Å². The maximum atomic E-state index is 9.69. The minimum absolute atomic E-state index is 0.192. The van der Waals surface area contributed by atoms with E-state index in [0.29, 0.717) is 23.0 Å². The van der Waals surface area contributed by atoms with E-state index in [4.69, 9.17) is 14.2 Å². The summed E-state index contributed by atoms with van der Waals surface area (Å²) < 4.78 is 16.2. The molecule has 2 N–H and O–H groups in total. The van der Waals surface area contributed by atoms with E-state index in [1.807, 2.05) is 24.3 Å². The van der Waals surface area contributed by atoms with Gasteiger partial charge in [-0.1, -0.05) is 6.07 Å². The van der Waals surface area contributed by atoms with Crippen LogP contribution in [0.5, 0.6) is 23.0 Å². The van der Waals surface area contributed by atoms with Gasteiger partial charge in [-0.25, -0.2) is 0 Å². The van der Waals surface area contributed by atoms with Crippen LogP contribution in [-0.4, -0.2) is 33.0 Å². The first kappa shape index (κ1) is 16.5. The number of phenols is 1. The number of hydrogen-bond donors (Lipinski definition) is 2. The molecule has 2 aromatic carbocycles. The number of fused-ring (bicyclic) bond motifs is 1. The van der Waals surface area contributed by atoms with Crippen molar-refractivity contribution in [1.82, 2.24) is 5.32 Å². The minimum atomic E-state index is 0.192. The van der Waals surface area contributed by atoms with Crippen LogP contribution in [0.1, 0.15) is 22.7 Å². The normalized spacial score (nSPS) is 16.4. The molecule has 2 aromatic rings. The molecule has 0 amide bonds. The molecular formula is C19H23NO4. The molecule has 1 atom stereocenters. The van der Waals surface area contributed by atoms with Gasteiger partial charge in [0.05, 0.1) is 21.3 Å². The van der Waals surface area contributed by atoms with E-state index < -0.39 is 0 Å². The van der Waals surface area contributed by atoms with Gasteiger partial charge in [-0.2, -0.15) is 0 Å². The number of phenolic OH excluding ortho intramolecular Hbond substituents is 1. The van der Waals surface area contributed by atoms with Crippen LogP contribution in [0.4, 0.5) is 0 Å². The monoisotopic (exact) mass is 329 g/mol. The first-order valence-corrected chi connectivity index (χ1v) is 8.00. The number of rotatable bonds is 5. The Hall–Kier alpha value is -2.40. The SMILES string of the molecule is COc1cc(C[C@@H]2NCCc3cc(O)ccc32)cc(OC)c1OC. The fourth-order valence-electron chi connectivity index (χ4n) is 3.31. The zero-order valence-electron chi connectivity index (χ0n) is 14.3. The van der Waals surface area contributed by atoms with Crippen molar-refractivity contribution in [3.8, 4) is 23.0 Å². The molecule has 0 aromatic heterocycles. The van der Waals surface area contributed by atoms with Crippen molar-refractivity contribution in [3.63, 3.8) is 0 Å². The Morgan fingerprint density at radius 3 is 2.38 bits per heavy atom. The number of methoxy groups -OCH3 is 3. The Labute approximate surface area is 142 Å². The molecule has 0 saturated heterocycles. The zero-order valence-corrected chi connectivity index (χ0v) is 14.3. The summed E-state index contributed by atoms with van der Waals surface area (Å²) >= 11 is 0. The lowest BCUT2D eigenvalue weighted by Gasteiger charge is -2.27. The standard InChI is InChI=1S/C19H23NO4/c1-22-17-9-12(10-18(23-2)19(17)24-3)8-16-15-5-4-14(21)11-13(15)6-7-20-16/h4-5,9-11,16,20-21H,6-8H2,1-3H3/t16-/m0/s1. The van der Waals surface area contributed by atoms with Crippen LogP contribution < -0.4 is 19.5 Å². The van der Waals surface area contributed by atoms with Crippen LogP contribution in [0.2, 0.25) is 0 Å². The highest BCUT2D eigenvalue weighted by Gasteiger charge is 2.22. The molecule has 0 radical (unpaired) electrons. The molecule has 0 fully saturated rings. The van der Waals surface area contributed by atoms with Gasteiger partial charge in [0.25, 0.3) is 0 Å². The predicted octanol–water partition coefficient (Wildman–Crippen LogP) is 2.85. The summed E-state index contributed by atoms with van der Waals surface area (Å²) in [4.78, 5) is 0. The van der Waals surface area contributed by atoms with Crippen LogP contribution in [0.15, 0.2) is 30.3 Å². The van der Waals surface area contributed by atoms with Crippen LogP contribution in [-0.2, 0) is 12.8 Å². The van der Waals surface area contributed by atoms with Crippen molar-refractivity contribution < 1.29 is 19.3 Å². The number of ether oxygens (including phenoxy) is 3. The number of nitrogens with one attached hydrogen (secondary N) is 1. The van der Waals surface area contributed by atoms with Gasteiger partial charge in [0.1, 0.15) is 5.75 Å². The van der Waals surface area contributed by atoms with Crippen LogP contribution in [0.25, 0.3) is 0 Å². The maximum Gasteiger partial charge on any atom is 0.203 e. The molecule has 1 aliphatic heterocycles. The summed E-state index contributed by atoms with van der Waals surface area (Å²) in [5.41, 5.74) is 3.53. The van der Waals surface area contributed by atoms with E-state index >= 15 is 0 Å². The largest absolute Gasteiger partial charge is 0.508 e. The smallest absolute Gasteiger partial charge is 0.203 e. The fraction of sp³-hybridized carbons (Fsp3) is 0.368. The summed E-state index contributed by atoms with van der Waals surface area (Å²) in [5, 5.41) is 13.2. The van der Waals surface area contributed by atoms with Crippen molar-refractivity contribution in [2.75, 3.05) is 27.9 Å². The van der Waals surface area contributed by atoms with Gasteiger partial charge in [-0.15, -0.1) is 0 Å². The second-order valence-corrected chi connectivity index (χ2v) is 5.88. The van der Waals surface area contributed by atoms with E-state index in [-0.39, 0.29) is 6.04 Å². The summed E-state index contributed by atoms with van der Waals surface area (Å²) in [5.74, 6) is 2.25. The second kappa shape index (κ2) is 7.01. The average Bonchev–Trinajstić information content (AvgIpc) is 2.60. The number of aromatic hydroxyl groups is 1. The Morgan fingerprint density at radius 2 is 1.75 bits per heavy atom. The highest BCUT2D eigenvalue weighted by Crippen LogP contribution is 2.39. The van der Waals surface area contributed by atoms with Gasteiger partial charge in [0.2, 0.25) is 5.75 Å². The van der Waals surface area contributed by atoms with Gasteiger partial charge >= 0.3 is 0 Å². The van der Waals surface area contributed by atoms with Gasteiger partial charge < -0.3 is 24.6 Å². The van der Waals surface area contributed by atoms with Gasteiger partial charge in [-0.05, 0) is 60.3 Å². The lowest BCUT2D eigenvalue weighted by atomic mass is 9.90. The Bertz CT molecular complexity index is 704. The summed E-state index contributed by atoms with van der Waals surface area (Å²) in [6.45, 7) is 0.894. The molecule has 1 aliphatic rings. The van der Waals surface area contributed by atoms with Crippen LogP contribution in [0, 0.1) is 0 Å². The summed E-state index contributed by atoms with van der Waals surface area (Å²) in [6, 6.07) is 9.76. The third-order valence-electron chi connectivity index (χ3n) is 4.45. The van der Waals surface area contributed by atoms with Gasteiger partial charge in [0.15, 0.2) is 11.5 Å². The van der Waals surface area contributed by atoms with E-state index in [0.717, 1.165) is 24.9 Å². The van der Waals surface area contributed by atoms with Gasteiger partial charge in [0, 0.05) is 6.04 Å².